The van der Waals surface area contributed by atoms with Crippen LogP contribution in [-0.4, -0.2) is 110 Å². The molecule has 0 fully saturated rings. The van der Waals surface area contributed by atoms with Crippen molar-refractivity contribution in [3.63, 3.8) is 0 Å². The third-order valence-corrected chi connectivity index (χ3v) is 22.1. The SMILES string of the molecule is COC(=O)C(Br)c1ccc(C(F)(F)F)cc1.COC(=O)C(Br)c1ccc(C)c(C)c1.COC(=O)C(Br)c1ccc(C)cc1.COC(=O)C(Br)c1ccc(CO)cc1.COC(=O)C(Br)c1ccc(Cl)cc1Cl.COC(=O)C(Br)c1ccc(F)cc1.COC(=O)C(Br)c1cccc(Cl)c1.COC(=O)C(Br)c1cccc(F)c1. The summed E-state index contributed by atoms with van der Waals surface area (Å²) in [6.07, 6.45) is -4.37. The second kappa shape index (κ2) is 53.8. The minimum absolute atomic E-state index is 0.00541. The monoisotopic (exact) mass is 2100 g/mol. The summed E-state index contributed by atoms with van der Waals surface area (Å²) < 4.78 is 98.4. The molecule has 0 bridgehead atoms. The number of benzene rings is 8. The first-order chi connectivity index (χ1) is 51.7. The van der Waals surface area contributed by atoms with Crippen molar-refractivity contribution in [2.24, 2.45) is 0 Å². The summed E-state index contributed by atoms with van der Waals surface area (Å²) in [7, 11) is 10.6. The van der Waals surface area contributed by atoms with Gasteiger partial charge in [0.05, 0.1) is 69.0 Å². The topological polar surface area (TPSA) is 231 Å². The maximum absolute atomic E-state index is 12.7. The van der Waals surface area contributed by atoms with Crippen molar-refractivity contribution < 1.29 is 103 Å². The Labute approximate surface area is 716 Å². The molecule has 0 radical (unpaired) electrons. The third-order valence-electron chi connectivity index (χ3n) is 14.1. The van der Waals surface area contributed by atoms with Crippen LogP contribution in [-0.2, 0) is 89.0 Å². The molecule has 596 valence electrons. The normalized spacial score (nSPS) is 12.4. The maximum atomic E-state index is 12.7. The molecule has 0 aromatic heterocycles. The Morgan fingerprint density at radius 1 is 0.345 bits per heavy atom. The van der Waals surface area contributed by atoms with E-state index in [2.05, 4.69) is 165 Å². The minimum atomic E-state index is -4.37. The molecule has 0 aliphatic heterocycles. The Hall–Kier alpha value is -6.16. The minimum Gasteiger partial charge on any atom is -0.468 e. The molecule has 33 heteroatoms. The second-order valence-electron chi connectivity index (χ2n) is 21.7. The highest BCUT2D eigenvalue weighted by Gasteiger charge is 2.31. The maximum Gasteiger partial charge on any atom is 0.416 e. The highest BCUT2D eigenvalue weighted by Crippen LogP contribution is 2.35. The highest BCUT2D eigenvalue weighted by molar-refractivity contribution is 9.10. The molecule has 0 spiro atoms. The number of halogens is 16. The van der Waals surface area contributed by atoms with Gasteiger partial charge in [0, 0.05) is 15.1 Å². The average Bonchev–Trinajstić information content (AvgIpc) is 0.844. The van der Waals surface area contributed by atoms with Gasteiger partial charge in [0.2, 0.25) is 0 Å². The van der Waals surface area contributed by atoms with Crippen LogP contribution in [0.25, 0.3) is 0 Å². The number of hydrogen-bond acceptors (Lipinski definition) is 17. The summed E-state index contributed by atoms with van der Waals surface area (Å²) in [5, 5.41) is 10.4. The molecule has 0 saturated carbocycles. The molecule has 17 nitrogen and oxygen atoms in total. The van der Waals surface area contributed by atoms with E-state index in [1.807, 2.05) is 69.3 Å². The lowest BCUT2D eigenvalue weighted by atomic mass is 10.0. The van der Waals surface area contributed by atoms with Crippen molar-refractivity contribution in [3.05, 3.63) is 281 Å². The summed E-state index contributed by atoms with van der Waals surface area (Å²) in [6.45, 7) is 6.08. The molecule has 0 amide bonds. The first-order valence-electron chi connectivity index (χ1n) is 31.2. The summed E-state index contributed by atoms with van der Waals surface area (Å²) in [5.74, 6) is -3.69. The zero-order valence-corrected chi connectivity index (χ0v) is 75.1. The van der Waals surface area contributed by atoms with Crippen molar-refractivity contribution in [3.8, 4) is 0 Å². The first kappa shape index (κ1) is 102. The largest absolute Gasteiger partial charge is 0.468 e. The molecular formula is C77H74Br8Cl3F5O17. The molecule has 8 rings (SSSR count). The van der Waals surface area contributed by atoms with Crippen LogP contribution in [0.2, 0.25) is 15.1 Å². The van der Waals surface area contributed by atoms with Gasteiger partial charge in [-0.2, -0.15) is 13.2 Å². The highest BCUT2D eigenvalue weighted by atomic mass is 79.9. The number of carbonyl (C=O) groups excluding carboxylic acids is 8. The van der Waals surface area contributed by atoms with E-state index in [1.165, 1.54) is 122 Å². The molecule has 8 atom stereocenters. The molecule has 0 heterocycles. The predicted octanol–water partition coefficient (Wildman–Crippen LogP) is 22.0. The van der Waals surface area contributed by atoms with Gasteiger partial charge < -0.3 is 43.0 Å². The lowest BCUT2D eigenvalue weighted by Crippen LogP contribution is -2.09. The predicted molar refractivity (Wildman–Crippen MR) is 441 cm³/mol. The lowest BCUT2D eigenvalue weighted by Gasteiger charge is -2.10. The number of ether oxygens (including phenoxy) is 8. The first-order valence-corrected chi connectivity index (χ1v) is 39.7. The van der Waals surface area contributed by atoms with Gasteiger partial charge in [-0.25, -0.2) is 8.78 Å². The molecular weight excluding hydrogens is 2040 g/mol. The van der Waals surface area contributed by atoms with Crippen molar-refractivity contribution >= 4 is 210 Å². The van der Waals surface area contributed by atoms with Crippen LogP contribution in [0.5, 0.6) is 0 Å². The summed E-state index contributed by atoms with van der Waals surface area (Å²) >= 11 is 42.8. The number of carbonyl (C=O) groups is 8. The molecule has 8 unspecified atom stereocenters. The van der Waals surface area contributed by atoms with Gasteiger partial charge in [-0.15, -0.1) is 0 Å². The van der Waals surface area contributed by atoms with Gasteiger partial charge >= 0.3 is 53.9 Å². The van der Waals surface area contributed by atoms with Crippen molar-refractivity contribution in [2.75, 3.05) is 56.9 Å². The number of aliphatic hydroxyl groups is 1. The van der Waals surface area contributed by atoms with E-state index >= 15 is 0 Å². The molecule has 8 aromatic carbocycles. The van der Waals surface area contributed by atoms with Crippen LogP contribution in [0.15, 0.2) is 182 Å². The van der Waals surface area contributed by atoms with Crippen LogP contribution < -0.4 is 0 Å². The van der Waals surface area contributed by atoms with Crippen molar-refractivity contribution in [1.82, 2.24) is 0 Å². The number of hydrogen-bond donors (Lipinski definition) is 1. The quantitative estimate of drug-likeness (QED) is 0.0386. The number of rotatable bonds is 17. The van der Waals surface area contributed by atoms with Crippen LogP contribution in [0, 0.1) is 32.4 Å². The molecule has 8 aromatic rings. The Balaban J connectivity index is 0.000000629. The van der Waals surface area contributed by atoms with Gasteiger partial charge in [0.15, 0.2) is 0 Å². The van der Waals surface area contributed by atoms with E-state index in [0.29, 0.717) is 37.3 Å². The lowest BCUT2D eigenvalue weighted by molar-refractivity contribution is -0.140. The number of esters is 8. The zero-order valence-electron chi connectivity index (χ0n) is 60.2. The van der Waals surface area contributed by atoms with E-state index in [9.17, 15) is 60.3 Å². The summed E-state index contributed by atoms with van der Waals surface area (Å²) in [6, 6.07) is 48.5. The third kappa shape index (κ3) is 36.8. The molecule has 0 aliphatic rings. The van der Waals surface area contributed by atoms with Gasteiger partial charge in [-0.1, -0.05) is 289 Å². The van der Waals surface area contributed by atoms with E-state index in [-0.39, 0.29) is 51.8 Å². The smallest absolute Gasteiger partial charge is 0.416 e. The zero-order chi connectivity index (χ0) is 83.7. The second-order valence-corrected chi connectivity index (χ2v) is 30.3. The van der Waals surface area contributed by atoms with Crippen LogP contribution >= 0.6 is 162 Å². The van der Waals surface area contributed by atoms with Crippen molar-refractivity contribution in [2.45, 2.75) is 72.2 Å². The summed E-state index contributed by atoms with van der Waals surface area (Å²) in [4.78, 5) is 84.9. The number of aryl methyl sites for hydroxylation is 3. The van der Waals surface area contributed by atoms with Gasteiger partial charge in [-0.05, 0) is 143 Å². The Morgan fingerprint density at radius 3 is 0.991 bits per heavy atom. The van der Waals surface area contributed by atoms with E-state index in [1.54, 1.807) is 72.8 Å². The standard InChI is InChI=1S/C11H13BrO2.C10H8BrF3O2.C10H11BrO3.C10H11BrO2.C9H7BrCl2O2.C9H8BrClO2.2C9H8BrFO2/c1-7-4-5-9(6-8(7)2)10(12)11(13)14-3;1-16-9(15)8(11)6-2-4-7(5-3-6)10(12,13)14;1-14-10(13)9(11)8-4-2-7(6-12)3-5-8;1-7-3-5-8(6-4-7)9(11)10(12)13-2;1-14-9(13)8(10)6-3-2-5(11)4-7(6)12;1-13-9(12)8(10)6-3-2-4-7(11)5-6;1-13-9(12)8(10)6-2-4-7(11)5-3-6;1-13-9(12)8(10)6-3-2-4-7(11)5-6/h4-6,10H,1-3H3;2-5,8H,1H3;2-5,9,12H,6H2,1H3;3-6,9H,1-2H3;2-4,8H,1H3;3*2-5,8H,1H3. The van der Waals surface area contributed by atoms with Crippen LogP contribution in [0.3, 0.4) is 0 Å². The molecule has 110 heavy (non-hydrogen) atoms. The fourth-order valence-electron chi connectivity index (χ4n) is 7.87. The Kier molecular flexibility index (Phi) is 49.8. The molecule has 0 saturated heterocycles. The Bertz CT molecular complexity index is 4090. The number of methoxy groups -OCH3 is 8. The molecule has 0 aliphatic carbocycles. The van der Waals surface area contributed by atoms with Gasteiger partial charge in [0.25, 0.3) is 0 Å². The van der Waals surface area contributed by atoms with E-state index in [4.69, 9.17) is 39.9 Å². The fourth-order valence-corrected chi connectivity index (χ4v) is 12.7. The fraction of sp³-hybridized carbons (Fsp3) is 0.273. The molecule has 1 N–H and O–H groups in total. The van der Waals surface area contributed by atoms with Gasteiger partial charge in [0.1, 0.15) is 50.3 Å². The van der Waals surface area contributed by atoms with E-state index in [0.717, 1.165) is 39.9 Å². The van der Waals surface area contributed by atoms with Crippen LogP contribution in [0.1, 0.15) is 111 Å². The average molecular weight is 2110 g/mol. The van der Waals surface area contributed by atoms with Gasteiger partial charge in [-0.3, -0.25) is 38.4 Å². The van der Waals surface area contributed by atoms with E-state index < -0.39 is 64.6 Å². The Morgan fingerprint density at radius 2 is 0.655 bits per heavy atom. The van der Waals surface area contributed by atoms with Crippen LogP contribution in [0.4, 0.5) is 22.0 Å². The number of alkyl halides is 11. The summed E-state index contributed by atoms with van der Waals surface area (Å²) in [5.41, 5.74) is 9.37. The van der Waals surface area contributed by atoms with Crippen molar-refractivity contribution in [1.29, 1.82) is 0 Å². The number of aliphatic hydroxyl groups excluding tert-OH is 1.